The smallest absolute Gasteiger partial charge is 0.320 e. The largest absolute Gasteiger partial charge is 0.459 e. The maximum absolute atomic E-state index is 11.7. The number of esters is 1. The molecule has 48 heavy (non-hydrogen) atoms. The first-order valence-corrected chi connectivity index (χ1v) is 16.7. The predicted octanol–water partition coefficient (Wildman–Crippen LogP) is 9.79. The van der Waals surface area contributed by atoms with E-state index in [0.717, 1.165) is 54.4 Å². The number of carbonyl (C=O) groups is 2. The molecular formula is C38H33Br2N3O5. The van der Waals surface area contributed by atoms with E-state index in [4.69, 9.17) is 13.6 Å². The molecule has 2 heterocycles. The highest BCUT2D eigenvalue weighted by Gasteiger charge is 2.16. The van der Waals surface area contributed by atoms with Crippen molar-refractivity contribution in [1.82, 2.24) is 15.3 Å². The number of benzene rings is 4. The Bertz CT molecular complexity index is 1940. The van der Waals surface area contributed by atoms with Crippen molar-refractivity contribution in [3.05, 3.63) is 130 Å². The molecule has 1 N–H and O–H groups in total. The van der Waals surface area contributed by atoms with E-state index in [1.165, 1.54) is 0 Å². The predicted molar refractivity (Wildman–Crippen MR) is 193 cm³/mol. The Morgan fingerprint density at radius 1 is 0.708 bits per heavy atom. The second-order valence-corrected chi connectivity index (χ2v) is 13.5. The molecule has 0 radical (unpaired) electrons. The van der Waals surface area contributed by atoms with Crippen LogP contribution in [-0.2, 0) is 16.1 Å². The number of rotatable bonds is 9. The lowest BCUT2D eigenvalue weighted by Gasteiger charge is -2.19. The van der Waals surface area contributed by atoms with Gasteiger partial charge in [0.1, 0.15) is 35.8 Å². The third-order valence-corrected chi connectivity index (χ3v) is 7.86. The van der Waals surface area contributed by atoms with Crippen molar-refractivity contribution in [2.75, 3.05) is 6.54 Å². The lowest BCUT2D eigenvalue weighted by atomic mass is 10.1. The number of halogens is 2. The van der Waals surface area contributed by atoms with Crippen LogP contribution in [0.15, 0.2) is 127 Å². The van der Waals surface area contributed by atoms with E-state index in [2.05, 4.69) is 47.1 Å². The Kier molecular flexibility index (Phi) is 11.5. The van der Waals surface area contributed by atoms with Gasteiger partial charge in [0.25, 0.3) is 0 Å². The van der Waals surface area contributed by atoms with Crippen LogP contribution in [0.25, 0.3) is 45.4 Å². The summed E-state index contributed by atoms with van der Waals surface area (Å²) in [6, 6.07) is 30.8. The Hall–Kier alpha value is -4.64. The summed E-state index contributed by atoms with van der Waals surface area (Å²) in [5.41, 5.74) is 6.53. The van der Waals surface area contributed by atoms with Gasteiger partial charge in [0.15, 0.2) is 0 Å². The number of nitrogens with zero attached hydrogens (tertiary/aromatic N) is 2. The topological polar surface area (TPSA) is 107 Å². The van der Waals surface area contributed by atoms with E-state index >= 15 is 0 Å². The van der Waals surface area contributed by atoms with Gasteiger partial charge < -0.3 is 18.9 Å². The molecule has 0 amide bonds. The molecule has 6 aromatic rings. The fourth-order valence-electron chi connectivity index (χ4n) is 4.48. The maximum Gasteiger partial charge on any atom is 0.320 e. The standard InChI is InChI=1S/C22H23BrN2O3.C16H10BrNO2/c1-22(2,3)28-20(26)13-24-12-15-4-6-16(7-5-15)19-14-27-21(25-19)17-8-10-18(23)11-9-17;17-14-7-5-13(6-8-14)16-18-15(10-20-16)12-3-1-11(9-19)2-4-12/h4-11,14,24H,12-13H2,1-3H3;1-10H. The van der Waals surface area contributed by atoms with Gasteiger partial charge in [-0.3, -0.25) is 9.59 Å². The van der Waals surface area contributed by atoms with Crippen LogP contribution in [0, 0.1) is 0 Å². The quantitative estimate of drug-likeness (QED) is 0.114. The molecule has 4 aromatic carbocycles. The highest BCUT2D eigenvalue weighted by atomic mass is 79.9. The number of ether oxygens (including phenoxy) is 1. The number of carbonyl (C=O) groups excluding carboxylic acids is 2. The molecule has 10 heteroatoms. The Morgan fingerprint density at radius 3 is 1.58 bits per heavy atom. The van der Waals surface area contributed by atoms with Crippen LogP contribution in [0.5, 0.6) is 0 Å². The van der Waals surface area contributed by atoms with Crippen molar-refractivity contribution in [3.63, 3.8) is 0 Å². The van der Waals surface area contributed by atoms with Crippen LogP contribution in [0.1, 0.15) is 36.7 Å². The van der Waals surface area contributed by atoms with Gasteiger partial charge in [-0.25, -0.2) is 9.97 Å². The van der Waals surface area contributed by atoms with Crippen molar-refractivity contribution in [2.24, 2.45) is 0 Å². The summed E-state index contributed by atoms with van der Waals surface area (Å²) in [6.07, 6.45) is 4.10. The first-order chi connectivity index (χ1) is 23.1. The third kappa shape index (κ3) is 9.93. The minimum Gasteiger partial charge on any atom is -0.459 e. The summed E-state index contributed by atoms with van der Waals surface area (Å²) in [5, 5.41) is 3.10. The second kappa shape index (κ2) is 16.0. The van der Waals surface area contributed by atoms with E-state index in [-0.39, 0.29) is 12.5 Å². The molecule has 0 spiro atoms. The van der Waals surface area contributed by atoms with Gasteiger partial charge >= 0.3 is 5.97 Å². The molecule has 0 bridgehead atoms. The number of aldehydes is 1. The van der Waals surface area contributed by atoms with Crippen LogP contribution < -0.4 is 5.32 Å². The summed E-state index contributed by atoms with van der Waals surface area (Å²) in [7, 11) is 0. The molecule has 0 saturated carbocycles. The van der Waals surface area contributed by atoms with Crippen LogP contribution in [-0.4, -0.2) is 34.4 Å². The lowest BCUT2D eigenvalue weighted by molar-refractivity contribution is -0.153. The summed E-state index contributed by atoms with van der Waals surface area (Å²) in [4.78, 5) is 31.4. The fraction of sp³-hybridized carbons (Fsp3) is 0.158. The van der Waals surface area contributed by atoms with E-state index < -0.39 is 5.60 Å². The maximum atomic E-state index is 11.7. The third-order valence-electron chi connectivity index (χ3n) is 6.80. The van der Waals surface area contributed by atoms with Crippen LogP contribution in [0.2, 0.25) is 0 Å². The molecule has 0 unspecified atom stereocenters. The molecule has 6 rings (SSSR count). The van der Waals surface area contributed by atoms with Crippen LogP contribution in [0.4, 0.5) is 0 Å². The molecule has 0 aliphatic carbocycles. The zero-order valence-electron chi connectivity index (χ0n) is 26.6. The molecule has 244 valence electrons. The zero-order chi connectivity index (χ0) is 34.1. The Balaban J connectivity index is 0.000000198. The second-order valence-electron chi connectivity index (χ2n) is 11.7. The molecule has 0 saturated heterocycles. The molecule has 0 atom stereocenters. The van der Waals surface area contributed by atoms with Gasteiger partial charge in [0, 0.05) is 43.3 Å². The number of hydrogen-bond donors (Lipinski definition) is 1. The monoisotopic (exact) mass is 769 g/mol. The lowest BCUT2D eigenvalue weighted by Crippen LogP contribution is -2.31. The summed E-state index contributed by atoms with van der Waals surface area (Å²) >= 11 is 6.82. The van der Waals surface area contributed by atoms with Crippen LogP contribution in [0.3, 0.4) is 0 Å². The van der Waals surface area contributed by atoms with Crippen molar-refractivity contribution < 1.29 is 23.2 Å². The average molecular weight is 772 g/mol. The van der Waals surface area contributed by atoms with Gasteiger partial charge in [-0.05, 0) is 74.9 Å². The van der Waals surface area contributed by atoms with E-state index in [1.54, 1.807) is 24.7 Å². The zero-order valence-corrected chi connectivity index (χ0v) is 29.7. The summed E-state index contributed by atoms with van der Waals surface area (Å²) in [6.45, 7) is 6.34. The summed E-state index contributed by atoms with van der Waals surface area (Å²) in [5.74, 6) is 0.907. The molecule has 2 aromatic heterocycles. The first kappa shape index (κ1) is 34.7. The normalized spacial score (nSPS) is 11.0. The van der Waals surface area contributed by atoms with Gasteiger partial charge in [-0.15, -0.1) is 0 Å². The van der Waals surface area contributed by atoms with Crippen molar-refractivity contribution in [2.45, 2.75) is 32.9 Å². The van der Waals surface area contributed by atoms with Gasteiger partial charge in [0.05, 0.1) is 6.54 Å². The fourth-order valence-corrected chi connectivity index (χ4v) is 5.00. The van der Waals surface area contributed by atoms with Crippen molar-refractivity contribution in [3.8, 4) is 45.4 Å². The summed E-state index contributed by atoms with van der Waals surface area (Å²) < 4.78 is 18.4. The Labute approximate surface area is 295 Å². The van der Waals surface area contributed by atoms with E-state index in [1.807, 2.05) is 106 Å². The van der Waals surface area contributed by atoms with Gasteiger partial charge in [0.2, 0.25) is 11.8 Å². The number of hydrogen-bond acceptors (Lipinski definition) is 8. The van der Waals surface area contributed by atoms with E-state index in [0.29, 0.717) is 23.9 Å². The minimum absolute atomic E-state index is 0.179. The SMILES string of the molecule is CC(C)(C)OC(=O)CNCc1ccc(-c2coc(-c3ccc(Br)cc3)n2)cc1.O=Cc1ccc(-c2coc(-c3ccc(Br)cc3)n2)cc1. The minimum atomic E-state index is -0.465. The average Bonchev–Trinajstić information content (AvgIpc) is 3.77. The highest BCUT2D eigenvalue weighted by Crippen LogP contribution is 2.27. The molecule has 0 fully saturated rings. The van der Waals surface area contributed by atoms with E-state index in [9.17, 15) is 9.59 Å². The number of nitrogens with one attached hydrogen (secondary N) is 1. The molecule has 8 nitrogen and oxygen atoms in total. The number of aromatic nitrogens is 2. The first-order valence-electron chi connectivity index (χ1n) is 15.1. The van der Waals surface area contributed by atoms with Gasteiger partial charge in [-0.2, -0.15) is 0 Å². The van der Waals surface area contributed by atoms with Crippen molar-refractivity contribution in [1.29, 1.82) is 0 Å². The number of oxazole rings is 2. The molecular weight excluding hydrogens is 738 g/mol. The van der Waals surface area contributed by atoms with Crippen LogP contribution >= 0.6 is 31.9 Å². The Morgan fingerprint density at radius 2 is 1.15 bits per heavy atom. The highest BCUT2D eigenvalue weighted by molar-refractivity contribution is 9.10. The van der Waals surface area contributed by atoms with Crippen molar-refractivity contribution >= 4 is 44.1 Å². The van der Waals surface area contributed by atoms with Gasteiger partial charge in [-0.1, -0.05) is 80.4 Å². The molecule has 0 aliphatic rings. The molecule has 0 aliphatic heterocycles.